The Morgan fingerprint density at radius 1 is 1.38 bits per heavy atom. The summed E-state index contributed by atoms with van der Waals surface area (Å²) in [5, 5.41) is 6.53. The molecule has 0 saturated carbocycles. The maximum atomic E-state index is 12.3. The number of nitrogens with one attached hydrogen (secondary N) is 2. The van der Waals surface area contributed by atoms with Crippen LogP contribution >= 0.6 is 0 Å². The van der Waals surface area contributed by atoms with Gasteiger partial charge in [-0.1, -0.05) is 12.1 Å². The lowest BCUT2D eigenvalue weighted by Gasteiger charge is -2.05. The fourth-order valence-electron chi connectivity index (χ4n) is 2.59. The molecule has 1 aromatic carbocycles. The molecule has 0 fully saturated rings. The number of nitrogens with zero attached hydrogens (tertiary/aromatic N) is 3. The normalized spacial score (nSPS) is 11.2. The fraction of sp³-hybridized carbons (Fsp3) is 0.412. The molecule has 9 heteroatoms. The summed E-state index contributed by atoms with van der Waals surface area (Å²) in [5.41, 5.74) is 1.55. The Labute approximate surface area is 149 Å². The third-order valence-electron chi connectivity index (χ3n) is 3.92. The van der Waals surface area contributed by atoms with Gasteiger partial charge < -0.3 is 19.6 Å². The number of hydrogen-bond acceptors (Lipinski definition) is 6. The van der Waals surface area contributed by atoms with E-state index in [2.05, 4.69) is 20.4 Å². The minimum Gasteiger partial charge on any atom is -0.380 e. The molecule has 0 spiro atoms. The standard InChI is InChI=1S/C17H21N5O4/c1-3-15-20-14(21-26-15)10-18-16(23)11-5-6-13-12(9-11)19-17(24)22(13)7-8-25-4-2/h5-6,9H,3-4,7-8,10H2,1-2H3,(H,18,23)(H,19,24). The molecule has 9 nitrogen and oxygen atoms in total. The highest BCUT2D eigenvalue weighted by atomic mass is 16.5. The number of aryl methyl sites for hydroxylation is 1. The van der Waals surface area contributed by atoms with Crippen LogP contribution in [0.25, 0.3) is 11.0 Å². The number of H-pyrrole nitrogens is 1. The van der Waals surface area contributed by atoms with Gasteiger partial charge in [0.1, 0.15) is 0 Å². The molecule has 0 aliphatic carbocycles. The SMILES string of the molecule is CCOCCn1c(=O)[nH]c2cc(C(=O)NCc3noc(CC)n3)ccc21. The van der Waals surface area contributed by atoms with Crippen LogP contribution in [0.2, 0.25) is 0 Å². The second-order valence-corrected chi connectivity index (χ2v) is 5.65. The largest absolute Gasteiger partial charge is 0.380 e. The van der Waals surface area contributed by atoms with Gasteiger partial charge in [-0.3, -0.25) is 9.36 Å². The number of carbonyl (C=O) groups is 1. The van der Waals surface area contributed by atoms with E-state index >= 15 is 0 Å². The summed E-state index contributed by atoms with van der Waals surface area (Å²) >= 11 is 0. The van der Waals surface area contributed by atoms with Crippen LogP contribution in [0.4, 0.5) is 0 Å². The first-order valence-corrected chi connectivity index (χ1v) is 8.52. The van der Waals surface area contributed by atoms with E-state index in [1.54, 1.807) is 22.8 Å². The maximum absolute atomic E-state index is 12.3. The number of rotatable bonds is 8. The summed E-state index contributed by atoms with van der Waals surface area (Å²) < 4.78 is 11.9. The molecule has 3 rings (SSSR count). The van der Waals surface area contributed by atoms with Gasteiger partial charge in [0.15, 0.2) is 5.82 Å². The lowest BCUT2D eigenvalue weighted by Crippen LogP contribution is -2.23. The average Bonchev–Trinajstić information content (AvgIpc) is 3.23. The van der Waals surface area contributed by atoms with Gasteiger partial charge in [0.05, 0.1) is 30.7 Å². The molecule has 3 aromatic rings. The molecule has 0 bridgehead atoms. The van der Waals surface area contributed by atoms with Crippen LogP contribution in [0.5, 0.6) is 0 Å². The molecule has 0 aliphatic heterocycles. The molecule has 0 saturated heterocycles. The van der Waals surface area contributed by atoms with Crippen LogP contribution in [-0.4, -0.2) is 38.8 Å². The van der Waals surface area contributed by atoms with Crippen molar-refractivity contribution in [1.82, 2.24) is 25.0 Å². The van der Waals surface area contributed by atoms with Crippen molar-refractivity contribution in [3.63, 3.8) is 0 Å². The first-order chi connectivity index (χ1) is 12.6. The quantitative estimate of drug-likeness (QED) is 0.585. The Morgan fingerprint density at radius 3 is 2.96 bits per heavy atom. The zero-order valence-electron chi connectivity index (χ0n) is 14.7. The van der Waals surface area contributed by atoms with Crippen LogP contribution in [0.3, 0.4) is 0 Å². The van der Waals surface area contributed by atoms with Crippen molar-refractivity contribution in [2.24, 2.45) is 0 Å². The van der Waals surface area contributed by atoms with E-state index in [0.717, 1.165) is 5.52 Å². The second-order valence-electron chi connectivity index (χ2n) is 5.65. The average molecular weight is 359 g/mol. The number of aromatic amines is 1. The topological polar surface area (TPSA) is 115 Å². The highest BCUT2D eigenvalue weighted by Gasteiger charge is 2.12. The lowest BCUT2D eigenvalue weighted by atomic mass is 10.2. The lowest BCUT2D eigenvalue weighted by molar-refractivity contribution is 0.0949. The fourth-order valence-corrected chi connectivity index (χ4v) is 2.59. The first kappa shape index (κ1) is 17.9. The molecule has 0 atom stereocenters. The predicted octanol–water partition coefficient (Wildman–Crippen LogP) is 1.24. The Hall–Kier alpha value is -2.94. The number of amides is 1. The van der Waals surface area contributed by atoms with Crippen LogP contribution in [0.15, 0.2) is 27.5 Å². The number of ether oxygens (including phenoxy) is 1. The third-order valence-corrected chi connectivity index (χ3v) is 3.92. The van der Waals surface area contributed by atoms with Gasteiger partial charge in [0.25, 0.3) is 5.91 Å². The molecular weight excluding hydrogens is 338 g/mol. The summed E-state index contributed by atoms with van der Waals surface area (Å²) in [4.78, 5) is 31.3. The molecule has 138 valence electrons. The van der Waals surface area contributed by atoms with Gasteiger partial charge in [0, 0.05) is 18.6 Å². The zero-order chi connectivity index (χ0) is 18.5. The van der Waals surface area contributed by atoms with E-state index in [9.17, 15) is 9.59 Å². The van der Waals surface area contributed by atoms with Gasteiger partial charge in [-0.15, -0.1) is 0 Å². The summed E-state index contributed by atoms with van der Waals surface area (Å²) in [7, 11) is 0. The van der Waals surface area contributed by atoms with E-state index in [4.69, 9.17) is 9.26 Å². The minimum atomic E-state index is -0.280. The van der Waals surface area contributed by atoms with Gasteiger partial charge in [0.2, 0.25) is 5.89 Å². The van der Waals surface area contributed by atoms with Crippen molar-refractivity contribution >= 4 is 16.9 Å². The molecule has 2 aromatic heterocycles. The van der Waals surface area contributed by atoms with E-state index in [0.29, 0.717) is 49.0 Å². The summed E-state index contributed by atoms with van der Waals surface area (Å²) in [6.45, 7) is 5.49. The van der Waals surface area contributed by atoms with Crippen LogP contribution < -0.4 is 11.0 Å². The Balaban J connectivity index is 1.71. The Kier molecular flexibility index (Phi) is 5.47. The molecule has 1 amide bonds. The molecular formula is C17H21N5O4. The Morgan fingerprint density at radius 2 is 2.23 bits per heavy atom. The molecule has 26 heavy (non-hydrogen) atoms. The van der Waals surface area contributed by atoms with E-state index in [1.165, 1.54) is 0 Å². The smallest absolute Gasteiger partial charge is 0.326 e. The first-order valence-electron chi connectivity index (χ1n) is 8.52. The number of fused-ring (bicyclic) bond motifs is 1. The molecule has 2 N–H and O–H groups in total. The number of aromatic nitrogens is 4. The third kappa shape index (κ3) is 3.83. The summed E-state index contributed by atoms with van der Waals surface area (Å²) in [6, 6.07) is 5.07. The highest BCUT2D eigenvalue weighted by Crippen LogP contribution is 2.13. The van der Waals surface area contributed by atoms with E-state index in [1.807, 2.05) is 13.8 Å². The summed E-state index contributed by atoms with van der Waals surface area (Å²) in [6.07, 6.45) is 0.644. The molecule has 0 unspecified atom stereocenters. The highest BCUT2D eigenvalue weighted by molar-refractivity contribution is 5.97. The number of hydrogen-bond donors (Lipinski definition) is 2. The molecule has 0 radical (unpaired) electrons. The zero-order valence-corrected chi connectivity index (χ0v) is 14.7. The number of carbonyl (C=O) groups excluding carboxylic acids is 1. The van der Waals surface area contributed by atoms with Crippen molar-refractivity contribution in [2.75, 3.05) is 13.2 Å². The van der Waals surface area contributed by atoms with E-state index < -0.39 is 0 Å². The predicted molar refractivity (Wildman–Crippen MR) is 93.9 cm³/mol. The maximum Gasteiger partial charge on any atom is 0.326 e. The van der Waals surface area contributed by atoms with Gasteiger partial charge in [-0.05, 0) is 25.1 Å². The van der Waals surface area contributed by atoms with Crippen LogP contribution in [0.1, 0.15) is 35.9 Å². The van der Waals surface area contributed by atoms with Crippen molar-refractivity contribution in [3.05, 3.63) is 46.0 Å². The van der Waals surface area contributed by atoms with Crippen molar-refractivity contribution in [2.45, 2.75) is 33.4 Å². The van der Waals surface area contributed by atoms with Crippen molar-refractivity contribution in [3.8, 4) is 0 Å². The van der Waals surface area contributed by atoms with Gasteiger partial charge in [-0.2, -0.15) is 4.98 Å². The van der Waals surface area contributed by atoms with Crippen molar-refractivity contribution < 1.29 is 14.1 Å². The molecule has 2 heterocycles. The van der Waals surface area contributed by atoms with Gasteiger partial charge >= 0.3 is 5.69 Å². The second kappa shape index (κ2) is 7.96. The van der Waals surface area contributed by atoms with Crippen molar-refractivity contribution in [1.29, 1.82) is 0 Å². The minimum absolute atomic E-state index is 0.173. The van der Waals surface area contributed by atoms with Crippen LogP contribution in [0, 0.1) is 0 Å². The Bertz CT molecular complexity index is 956. The summed E-state index contributed by atoms with van der Waals surface area (Å²) in [5.74, 6) is 0.672. The van der Waals surface area contributed by atoms with Gasteiger partial charge in [-0.25, -0.2) is 4.79 Å². The van der Waals surface area contributed by atoms with E-state index in [-0.39, 0.29) is 18.1 Å². The number of benzene rings is 1. The van der Waals surface area contributed by atoms with Crippen LogP contribution in [-0.2, 0) is 24.2 Å². The monoisotopic (exact) mass is 359 g/mol. The number of imidazole rings is 1. The molecule has 0 aliphatic rings.